The summed E-state index contributed by atoms with van der Waals surface area (Å²) in [6.07, 6.45) is 0.599. The van der Waals surface area contributed by atoms with Gasteiger partial charge in [0.1, 0.15) is 11.6 Å². The molecule has 3 aromatic rings. The van der Waals surface area contributed by atoms with Crippen molar-refractivity contribution in [1.29, 1.82) is 0 Å². The van der Waals surface area contributed by atoms with E-state index in [4.69, 9.17) is 9.72 Å². The molecule has 0 aliphatic carbocycles. The van der Waals surface area contributed by atoms with Gasteiger partial charge in [-0.1, -0.05) is 18.2 Å². The van der Waals surface area contributed by atoms with Crippen LogP contribution in [0, 0.1) is 5.82 Å². The number of nitrogens with zero attached hydrogens (tertiary/aromatic N) is 4. The summed E-state index contributed by atoms with van der Waals surface area (Å²) in [6.45, 7) is 3.78. The van der Waals surface area contributed by atoms with Crippen molar-refractivity contribution >= 4 is 32.7 Å². The summed E-state index contributed by atoms with van der Waals surface area (Å²) in [5.41, 5.74) is 1.31. The number of para-hydroxylation sites is 1. The molecule has 0 saturated carbocycles. The Kier molecular flexibility index (Phi) is 6.68. The molecule has 0 N–H and O–H groups in total. The second-order valence-corrected chi connectivity index (χ2v) is 10.6. The molecule has 10 heteroatoms. The summed E-state index contributed by atoms with van der Waals surface area (Å²) in [6, 6.07) is 14.3. The zero-order valence-corrected chi connectivity index (χ0v) is 20.1. The van der Waals surface area contributed by atoms with Gasteiger partial charge in [0.15, 0.2) is 0 Å². The number of aromatic nitrogens is 1. The highest BCUT2D eigenvalue weighted by Crippen LogP contribution is 2.26. The zero-order chi connectivity index (χ0) is 24.4. The van der Waals surface area contributed by atoms with E-state index in [0.29, 0.717) is 63.7 Å². The molecule has 2 aliphatic heterocycles. The van der Waals surface area contributed by atoms with E-state index in [1.807, 2.05) is 35.2 Å². The number of sulfonamides is 1. The van der Waals surface area contributed by atoms with Gasteiger partial charge in [0.2, 0.25) is 10.0 Å². The van der Waals surface area contributed by atoms with E-state index in [2.05, 4.69) is 0 Å². The lowest BCUT2D eigenvalue weighted by Crippen LogP contribution is -2.41. The van der Waals surface area contributed by atoms with Crippen LogP contribution in [0.15, 0.2) is 59.5 Å². The lowest BCUT2D eigenvalue weighted by atomic mass is 10.1. The number of anilines is 1. The second kappa shape index (κ2) is 9.88. The summed E-state index contributed by atoms with van der Waals surface area (Å²) in [4.78, 5) is 22.1. The van der Waals surface area contributed by atoms with E-state index in [1.54, 1.807) is 4.90 Å². The molecule has 5 rings (SSSR count). The van der Waals surface area contributed by atoms with Crippen LogP contribution in [-0.4, -0.2) is 81.0 Å². The average Bonchev–Trinajstić information content (AvgIpc) is 3.15. The normalized spacial score (nSPS) is 18.0. The predicted molar refractivity (Wildman–Crippen MR) is 130 cm³/mol. The summed E-state index contributed by atoms with van der Waals surface area (Å²) in [5.74, 6) is 0.126. The van der Waals surface area contributed by atoms with Gasteiger partial charge in [-0.3, -0.25) is 4.79 Å². The summed E-state index contributed by atoms with van der Waals surface area (Å²) in [5, 5.41) is 0.795. The third kappa shape index (κ3) is 4.86. The van der Waals surface area contributed by atoms with Crippen LogP contribution in [0.3, 0.4) is 0 Å². The smallest absolute Gasteiger partial charge is 0.254 e. The van der Waals surface area contributed by atoms with Gasteiger partial charge in [0, 0.05) is 44.7 Å². The maximum Gasteiger partial charge on any atom is 0.254 e. The topological polar surface area (TPSA) is 83.1 Å². The third-order valence-corrected chi connectivity index (χ3v) is 8.37. The second-order valence-electron chi connectivity index (χ2n) is 8.65. The van der Waals surface area contributed by atoms with Gasteiger partial charge in [-0.15, -0.1) is 0 Å². The molecular formula is C25H27FN4O4S. The van der Waals surface area contributed by atoms with Gasteiger partial charge in [0.25, 0.3) is 5.91 Å². The Morgan fingerprint density at radius 3 is 2.43 bits per heavy atom. The Bertz CT molecular complexity index is 1330. The highest BCUT2D eigenvalue weighted by atomic mass is 32.2. The van der Waals surface area contributed by atoms with Crippen LogP contribution >= 0.6 is 0 Å². The summed E-state index contributed by atoms with van der Waals surface area (Å²) >= 11 is 0. The SMILES string of the molecule is O=C(c1cc(N2CCCN(S(=O)(=O)c3ccc(F)cc3)CC2)nc2ccccc12)N1CCOCC1. The zero-order valence-electron chi connectivity index (χ0n) is 19.3. The molecule has 35 heavy (non-hydrogen) atoms. The van der Waals surface area contributed by atoms with Crippen molar-refractivity contribution < 1.29 is 22.3 Å². The minimum atomic E-state index is -3.73. The predicted octanol–water partition coefficient (Wildman–Crippen LogP) is 2.75. The number of carbonyl (C=O) groups excluding carboxylic acids is 1. The molecule has 0 spiro atoms. The molecule has 0 atom stereocenters. The van der Waals surface area contributed by atoms with Crippen molar-refractivity contribution in [3.05, 3.63) is 66.0 Å². The number of benzene rings is 2. The monoisotopic (exact) mass is 498 g/mol. The Morgan fingerprint density at radius 1 is 0.914 bits per heavy atom. The van der Waals surface area contributed by atoms with E-state index in [0.717, 1.165) is 23.0 Å². The van der Waals surface area contributed by atoms with Crippen molar-refractivity contribution in [1.82, 2.24) is 14.2 Å². The molecule has 2 saturated heterocycles. The lowest BCUT2D eigenvalue weighted by Gasteiger charge is -2.28. The van der Waals surface area contributed by atoms with Gasteiger partial charge in [0.05, 0.1) is 29.2 Å². The van der Waals surface area contributed by atoms with Crippen molar-refractivity contribution in [2.24, 2.45) is 0 Å². The molecule has 0 unspecified atom stereocenters. The largest absolute Gasteiger partial charge is 0.378 e. The number of halogens is 1. The maximum atomic E-state index is 13.4. The molecule has 2 aliphatic rings. The fraction of sp³-hybridized carbons (Fsp3) is 0.360. The lowest BCUT2D eigenvalue weighted by molar-refractivity contribution is 0.0304. The molecule has 1 aromatic heterocycles. The van der Waals surface area contributed by atoms with E-state index < -0.39 is 15.8 Å². The Labute approximate surface area is 204 Å². The number of hydrogen-bond donors (Lipinski definition) is 0. The number of pyridine rings is 1. The highest BCUT2D eigenvalue weighted by Gasteiger charge is 2.28. The van der Waals surface area contributed by atoms with Gasteiger partial charge in [-0.05, 0) is 42.8 Å². The highest BCUT2D eigenvalue weighted by molar-refractivity contribution is 7.89. The molecule has 8 nitrogen and oxygen atoms in total. The molecule has 2 aromatic carbocycles. The first-order chi connectivity index (χ1) is 16.9. The first-order valence-corrected chi connectivity index (χ1v) is 13.1. The van der Waals surface area contributed by atoms with Gasteiger partial charge in [-0.2, -0.15) is 4.31 Å². The molecule has 1 amide bonds. The van der Waals surface area contributed by atoms with Crippen LogP contribution in [0.4, 0.5) is 10.2 Å². The quantitative estimate of drug-likeness (QED) is 0.550. The molecule has 3 heterocycles. The van der Waals surface area contributed by atoms with Crippen LogP contribution in [0.1, 0.15) is 16.8 Å². The molecule has 0 radical (unpaired) electrons. The van der Waals surface area contributed by atoms with Crippen LogP contribution < -0.4 is 4.90 Å². The minimum Gasteiger partial charge on any atom is -0.378 e. The van der Waals surface area contributed by atoms with Crippen molar-refractivity contribution in [2.45, 2.75) is 11.3 Å². The van der Waals surface area contributed by atoms with Gasteiger partial charge in [-0.25, -0.2) is 17.8 Å². The van der Waals surface area contributed by atoms with Crippen LogP contribution in [0.25, 0.3) is 10.9 Å². The first-order valence-electron chi connectivity index (χ1n) is 11.7. The fourth-order valence-electron chi connectivity index (χ4n) is 4.56. The number of amides is 1. The Morgan fingerprint density at radius 2 is 1.66 bits per heavy atom. The number of carbonyl (C=O) groups is 1. The summed E-state index contributed by atoms with van der Waals surface area (Å²) in [7, 11) is -3.73. The van der Waals surface area contributed by atoms with Crippen LogP contribution in [-0.2, 0) is 14.8 Å². The standard InChI is InChI=1S/C25H27FN4O4S/c26-19-6-8-20(9-7-19)35(32,33)30-11-3-10-28(12-13-30)24-18-22(21-4-1-2-5-23(21)27-24)25(31)29-14-16-34-17-15-29/h1-2,4-9,18H,3,10-17H2. The minimum absolute atomic E-state index is 0.0523. The van der Waals surface area contributed by atoms with E-state index in [9.17, 15) is 17.6 Å². The van der Waals surface area contributed by atoms with Gasteiger partial charge >= 0.3 is 0 Å². The first kappa shape index (κ1) is 23.7. The van der Waals surface area contributed by atoms with E-state index >= 15 is 0 Å². The molecule has 184 valence electrons. The van der Waals surface area contributed by atoms with Crippen molar-refractivity contribution in [3.63, 3.8) is 0 Å². The van der Waals surface area contributed by atoms with Crippen molar-refractivity contribution in [3.8, 4) is 0 Å². The fourth-order valence-corrected chi connectivity index (χ4v) is 6.03. The van der Waals surface area contributed by atoms with Gasteiger partial charge < -0.3 is 14.5 Å². The van der Waals surface area contributed by atoms with E-state index in [-0.39, 0.29) is 17.3 Å². The van der Waals surface area contributed by atoms with Crippen LogP contribution in [0.2, 0.25) is 0 Å². The molecule has 2 fully saturated rings. The molecular weight excluding hydrogens is 471 g/mol. The number of hydrogen-bond acceptors (Lipinski definition) is 6. The average molecular weight is 499 g/mol. The van der Waals surface area contributed by atoms with Crippen molar-refractivity contribution in [2.75, 3.05) is 57.4 Å². The van der Waals surface area contributed by atoms with Crippen LogP contribution in [0.5, 0.6) is 0 Å². The Balaban J connectivity index is 1.41. The Hall–Kier alpha value is -3.08. The number of rotatable bonds is 4. The third-order valence-electron chi connectivity index (χ3n) is 6.46. The van der Waals surface area contributed by atoms with E-state index in [1.165, 1.54) is 16.4 Å². The number of ether oxygens (including phenoxy) is 1. The number of morpholine rings is 1. The summed E-state index contributed by atoms with van der Waals surface area (Å²) < 4.78 is 46.3. The molecule has 0 bridgehead atoms. The number of fused-ring (bicyclic) bond motifs is 1. The maximum absolute atomic E-state index is 13.4.